The number of carbonyl (C=O) groups is 1. The Bertz CT molecular complexity index is 1400. The number of aryl methyl sites for hydroxylation is 1. The van der Waals surface area contributed by atoms with Crippen LogP contribution < -0.4 is 10.6 Å². The zero-order chi connectivity index (χ0) is 23.1. The molecule has 0 bridgehead atoms. The van der Waals surface area contributed by atoms with Crippen LogP contribution in [0.5, 0.6) is 0 Å². The minimum Gasteiger partial charge on any atom is -0.367 e. The summed E-state index contributed by atoms with van der Waals surface area (Å²) in [5, 5.41) is 6.83. The maximum atomic E-state index is 12.5. The van der Waals surface area contributed by atoms with Gasteiger partial charge >= 0.3 is 0 Å². The summed E-state index contributed by atoms with van der Waals surface area (Å²) in [6.45, 7) is 8.91. The largest absolute Gasteiger partial charge is 0.367 e. The molecule has 1 aliphatic carbocycles. The van der Waals surface area contributed by atoms with Crippen LogP contribution in [-0.2, 0) is 0 Å². The number of benzene rings is 2. The van der Waals surface area contributed by atoms with Gasteiger partial charge in [0.05, 0.1) is 33.5 Å². The van der Waals surface area contributed by atoms with Gasteiger partial charge in [-0.15, -0.1) is 0 Å². The average Bonchev–Trinajstić information content (AvgIpc) is 3.50. The lowest BCUT2D eigenvalue weighted by Gasteiger charge is -2.13. The van der Waals surface area contributed by atoms with E-state index in [0.717, 1.165) is 70.7 Å². The number of imidazole rings is 1. The van der Waals surface area contributed by atoms with Crippen molar-refractivity contribution in [3.8, 4) is 11.3 Å². The van der Waals surface area contributed by atoms with Gasteiger partial charge in [0.1, 0.15) is 0 Å². The number of hydrogen-bond acceptors (Lipinski definition) is 4. The molecule has 7 heteroatoms. The molecule has 1 aliphatic rings. The summed E-state index contributed by atoms with van der Waals surface area (Å²) < 4.78 is 2.11. The van der Waals surface area contributed by atoms with Crippen LogP contribution in [-0.4, -0.2) is 32.9 Å². The fraction of sp³-hybridized carbons (Fsp3) is 0.269. The van der Waals surface area contributed by atoms with Crippen LogP contribution in [0.2, 0.25) is 5.02 Å². The average molecular weight is 460 g/mol. The smallest absolute Gasteiger partial charge is 0.253 e. The van der Waals surface area contributed by atoms with Crippen LogP contribution in [0, 0.1) is 6.92 Å². The minimum atomic E-state index is -0.125. The maximum Gasteiger partial charge on any atom is 0.253 e. The van der Waals surface area contributed by atoms with Crippen LogP contribution in [0.3, 0.4) is 0 Å². The fourth-order valence-corrected chi connectivity index (χ4v) is 4.30. The molecule has 5 rings (SSSR count). The van der Waals surface area contributed by atoms with E-state index in [2.05, 4.69) is 47.6 Å². The fourth-order valence-electron chi connectivity index (χ4n) is 4.03. The Hall–Kier alpha value is -3.38. The van der Waals surface area contributed by atoms with Crippen molar-refractivity contribution in [1.82, 2.24) is 19.7 Å². The normalized spacial score (nSPS) is 13.4. The Labute approximate surface area is 197 Å². The summed E-state index contributed by atoms with van der Waals surface area (Å²) in [7, 11) is 0. The zero-order valence-electron chi connectivity index (χ0n) is 18.8. The first-order chi connectivity index (χ1) is 16.0. The van der Waals surface area contributed by atoms with Crippen LogP contribution in [0.15, 0.2) is 43.1 Å². The predicted molar refractivity (Wildman–Crippen MR) is 135 cm³/mol. The Balaban J connectivity index is 1.68. The van der Waals surface area contributed by atoms with Crippen molar-refractivity contribution in [2.75, 3.05) is 11.9 Å². The number of amides is 1. The maximum absolute atomic E-state index is 12.5. The molecule has 6 nitrogen and oxygen atoms in total. The van der Waals surface area contributed by atoms with Crippen molar-refractivity contribution < 1.29 is 4.79 Å². The first kappa shape index (κ1) is 21.5. The molecule has 4 aromatic rings. The van der Waals surface area contributed by atoms with Crippen LogP contribution in [0.4, 0.5) is 5.82 Å². The SMILES string of the molecule is C=Cc1cc2nc(NCCC)c3ncc(-c4ccc(C(=O)NC5CC5)c(Cl)c4)n3c2cc1C. The Morgan fingerprint density at radius 2 is 2.12 bits per heavy atom. The van der Waals surface area contributed by atoms with Crippen molar-refractivity contribution in [3.63, 3.8) is 0 Å². The van der Waals surface area contributed by atoms with E-state index in [0.29, 0.717) is 10.6 Å². The molecule has 0 unspecified atom stereocenters. The number of hydrogen-bond donors (Lipinski definition) is 2. The first-order valence-electron chi connectivity index (χ1n) is 11.3. The number of carbonyl (C=O) groups excluding carboxylic acids is 1. The third-order valence-corrected chi connectivity index (χ3v) is 6.31. The molecule has 2 aromatic carbocycles. The van der Waals surface area contributed by atoms with Gasteiger partial charge < -0.3 is 10.6 Å². The molecule has 0 saturated heterocycles. The molecule has 1 amide bonds. The topological polar surface area (TPSA) is 71.3 Å². The summed E-state index contributed by atoms with van der Waals surface area (Å²) in [4.78, 5) is 22.1. The van der Waals surface area contributed by atoms with Crippen molar-refractivity contribution in [2.24, 2.45) is 0 Å². The highest BCUT2D eigenvalue weighted by atomic mass is 35.5. The highest BCUT2D eigenvalue weighted by Crippen LogP contribution is 2.32. The summed E-state index contributed by atoms with van der Waals surface area (Å²) in [5.41, 5.74) is 6.98. The van der Waals surface area contributed by atoms with Gasteiger partial charge in [0.15, 0.2) is 11.5 Å². The summed E-state index contributed by atoms with van der Waals surface area (Å²) in [5.74, 6) is 0.612. The molecule has 1 saturated carbocycles. The number of aromatic nitrogens is 3. The Kier molecular flexibility index (Phi) is 5.54. The zero-order valence-corrected chi connectivity index (χ0v) is 19.5. The molecule has 0 radical (unpaired) electrons. The number of anilines is 1. The van der Waals surface area contributed by atoms with E-state index in [1.807, 2.05) is 24.4 Å². The molecule has 2 heterocycles. The van der Waals surface area contributed by atoms with Gasteiger partial charge in [-0.2, -0.15) is 0 Å². The van der Waals surface area contributed by atoms with E-state index in [1.54, 1.807) is 6.07 Å². The standard InChI is InChI=1S/C26H26ClN5O/c1-4-10-28-24-25-29-14-23(32(25)22-11-15(3)16(5-2)13-21(22)31-24)17-6-9-19(20(27)12-17)26(33)30-18-7-8-18/h5-6,9,11-14,18H,2,4,7-8,10H2,1,3H3,(H,28,31)(H,30,33). The quantitative estimate of drug-likeness (QED) is 0.362. The second kappa shape index (κ2) is 8.52. The second-order valence-electron chi connectivity index (χ2n) is 8.53. The molecule has 0 aliphatic heterocycles. The van der Waals surface area contributed by atoms with Crippen molar-refractivity contribution in [3.05, 3.63) is 64.8 Å². The van der Waals surface area contributed by atoms with Crippen LogP contribution in [0.1, 0.15) is 47.7 Å². The minimum absolute atomic E-state index is 0.125. The third-order valence-electron chi connectivity index (χ3n) is 5.99. The summed E-state index contributed by atoms with van der Waals surface area (Å²) in [6.07, 6.45) is 6.72. The molecule has 0 spiro atoms. The molecule has 2 aromatic heterocycles. The van der Waals surface area contributed by atoms with E-state index in [4.69, 9.17) is 21.6 Å². The highest BCUT2D eigenvalue weighted by Gasteiger charge is 2.25. The molecule has 168 valence electrons. The van der Waals surface area contributed by atoms with E-state index in [1.165, 1.54) is 0 Å². The van der Waals surface area contributed by atoms with Crippen molar-refractivity contribution in [2.45, 2.75) is 39.2 Å². The van der Waals surface area contributed by atoms with Gasteiger partial charge in [0.25, 0.3) is 5.91 Å². The Morgan fingerprint density at radius 1 is 1.30 bits per heavy atom. The Morgan fingerprint density at radius 3 is 2.82 bits per heavy atom. The van der Waals surface area contributed by atoms with Crippen molar-refractivity contribution >= 4 is 46.1 Å². The van der Waals surface area contributed by atoms with E-state index in [9.17, 15) is 4.79 Å². The molecule has 1 fully saturated rings. The highest BCUT2D eigenvalue weighted by molar-refractivity contribution is 6.34. The predicted octanol–water partition coefficient (Wildman–Crippen LogP) is 5.87. The van der Waals surface area contributed by atoms with Gasteiger partial charge in [-0.25, -0.2) is 9.97 Å². The number of fused-ring (bicyclic) bond motifs is 3. The summed E-state index contributed by atoms with van der Waals surface area (Å²) in [6, 6.07) is 9.99. The number of halogens is 1. The lowest BCUT2D eigenvalue weighted by atomic mass is 10.1. The third kappa shape index (κ3) is 3.95. The van der Waals surface area contributed by atoms with Gasteiger partial charge in [-0.3, -0.25) is 9.20 Å². The number of rotatable bonds is 7. The van der Waals surface area contributed by atoms with Crippen molar-refractivity contribution in [1.29, 1.82) is 0 Å². The van der Waals surface area contributed by atoms with E-state index < -0.39 is 0 Å². The number of nitrogens with zero attached hydrogens (tertiary/aromatic N) is 3. The second-order valence-corrected chi connectivity index (χ2v) is 8.94. The molecule has 33 heavy (non-hydrogen) atoms. The van der Waals surface area contributed by atoms with E-state index in [-0.39, 0.29) is 11.9 Å². The van der Waals surface area contributed by atoms with Crippen LogP contribution in [0.25, 0.3) is 34.0 Å². The van der Waals surface area contributed by atoms with Gasteiger partial charge in [0, 0.05) is 18.2 Å². The first-order valence-corrected chi connectivity index (χ1v) is 11.7. The lowest BCUT2D eigenvalue weighted by Crippen LogP contribution is -2.25. The number of nitrogens with one attached hydrogen (secondary N) is 2. The van der Waals surface area contributed by atoms with Gasteiger partial charge in [-0.05, 0) is 61.6 Å². The van der Waals surface area contributed by atoms with E-state index >= 15 is 0 Å². The van der Waals surface area contributed by atoms with Gasteiger partial charge in [-0.1, -0.05) is 37.2 Å². The monoisotopic (exact) mass is 459 g/mol. The molecule has 2 N–H and O–H groups in total. The lowest BCUT2D eigenvalue weighted by molar-refractivity contribution is 0.0951. The van der Waals surface area contributed by atoms with Crippen LogP contribution >= 0.6 is 11.6 Å². The van der Waals surface area contributed by atoms with Gasteiger partial charge in [0.2, 0.25) is 0 Å². The molecular formula is C26H26ClN5O. The molecule has 0 atom stereocenters. The molecular weight excluding hydrogens is 434 g/mol. The summed E-state index contributed by atoms with van der Waals surface area (Å²) >= 11 is 6.55.